The van der Waals surface area contributed by atoms with Gasteiger partial charge in [-0.1, -0.05) is 18.2 Å². The van der Waals surface area contributed by atoms with Gasteiger partial charge >= 0.3 is 5.97 Å². The molecule has 0 aliphatic rings. The summed E-state index contributed by atoms with van der Waals surface area (Å²) >= 11 is 0. The van der Waals surface area contributed by atoms with Crippen LogP contribution in [0.15, 0.2) is 18.2 Å². The molecule has 0 bridgehead atoms. The number of aromatic nitrogens is 3. The number of nitrogens with two attached hydrogens (primary N) is 2. The zero-order chi connectivity index (χ0) is 15.4. The Labute approximate surface area is 122 Å². The van der Waals surface area contributed by atoms with Crippen molar-refractivity contribution in [1.29, 1.82) is 0 Å². The minimum Gasteiger partial charge on any atom is -0.457 e. The second kappa shape index (κ2) is 6.17. The summed E-state index contributed by atoms with van der Waals surface area (Å²) in [5, 5.41) is 0. The van der Waals surface area contributed by atoms with E-state index in [2.05, 4.69) is 15.0 Å². The van der Waals surface area contributed by atoms with Gasteiger partial charge in [0.2, 0.25) is 11.9 Å². The highest BCUT2D eigenvalue weighted by Gasteiger charge is 2.08. The van der Waals surface area contributed by atoms with Crippen LogP contribution in [0.5, 0.6) is 0 Å². The van der Waals surface area contributed by atoms with Gasteiger partial charge in [0.25, 0.3) is 0 Å². The van der Waals surface area contributed by atoms with Crippen LogP contribution in [0.4, 0.5) is 11.9 Å². The fourth-order valence-corrected chi connectivity index (χ4v) is 1.80. The summed E-state index contributed by atoms with van der Waals surface area (Å²) in [5.74, 6) is -0.130. The average molecular weight is 287 g/mol. The number of anilines is 2. The monoisotopic (exact) mass is 287 g/mol. The van der Waals surface area contributed by atoms with Gasteiger partial charge in [0.05, 0.1) is 6.42 Å². The summed E-state index contributed by atoms with van der Waals surface area (Å²) in [7, 11) is 0. The number of esters is 1. The maximum atomic E-state index is 11.8. The largest absolute Gasteiger partial charge is 0.457 e. The SMILES string of the molecule is Cc1ccc(CC(=O)OCc2nc(N)nc(N)n2)cc1C. The van der Waals surface area contributed by atoms with Crippen LogP contribution in [0.25, 0.3) is 0 Å². The molecule has 0 atom stereocenters. The predicted octanol–water partition coefficient (Wildman–Crippen LogP) is 0.939. The predicted molar refractivity (Wildman–Crippen MR) is 78.1 cm³/mol. The van der Waals surface area contributed by atoms with Crippen LogP contribution in [0.2, 0.25) is 0 Å². The Balaban J connectivity index is 1.94. The molecule has 0 saturated carbocycles. The van der Waals surface area contributed by atoms with Crippen molar-refractivity contribution in [3.63, 3.8) is 0 Å². The maximum Gasteiger partial charge on any atom is 0.310 e. The normalized spacial score (nSPS) is 10.4. The second-order valence-electron chi connectivity index (χ2n) is 4.72. The van der Waals surface area contributed by atoms with Gasteiger partial charge in [-0.3, -0.25) is 4.79 Å². The van der Waals surface area contributed by atoms with Crippen LogP contribution in [0, 0.1) is 13.8 Å². The van der Waals surface area contributed by atoms with Gasteiger partial charge in [-0.25, -0.2) is 0 Å². The summed E-state index contributed by atoms with van der Waals surface area (Å²) in [6, 6.07) is 5.85. The standard InChI is InChI=1S/C14H17N5O2/c1-8-3-4-10(5-9(8)2)6-12(20)21-7-11-17-13(15)19-14(16)18-11/h3-5H,6-7H2,1-2H3,(H4,15,16,17,18,19). The number of ether oxygens (including phenoxy) is 1. The molecule has 7 heteroatoms. The van der Waals surface area contributed by atoms with E-state index in [9.17, 15) is 4.79 Å². The molecule has 1 aromatic carbocycles. The number of nitrogen functional groups attached to an aromatic ring is 2. The molecule has 0 spiro atoms. The number of hydrogen-bond acceptors (Lipinski definition) is 7. The summed E-state index contributed by atoms with van der Waals surface area (Å²) in [6.45, 7) is 3.94. The Morgan fingerprint density at radius 3 is 2.38 bits per heavy atom. The first-order valence-corrected chi connectivity index (χ1v) is 6.41. The Kier molecular flexibility index (Phi) is 4.32. The number of carbonyl (C=O) groups is 1. The maximum absolute atomic E-state index is 11.8. The summed E-state index contributed by atoms with van der Waals surface area (Å²) < 4.78 is 5.11. The van der Waals surface area contributed by atoms with Gasteiger partial charge in [0.15, 0.2) is 12.4 Å². The molecule has 0 aliphatic heterocycles. The molecule has 2 rings (SSSR count). The molecule has 0 fully saturated rings. The molecule has 1 heterocycles. The highest BCUT2D eigenvalue weighted by Crippen LogP contribution is 2.11. The van der Waals surface area contributed by atoms with E-state index in [1.165, 1.54) is 5.56 Å². The minimum atomic E-state index is -0.365. The molecule has 0 amide bonds. The minimum absolute atomic E-state index is 0.00251. The first kappa shape index (κ1) is 14.7. The van der Waals surface area contributed by atoms with E-state index < -0.39 is 0 Å². The van der Waals surface area contributed by atoms with Crippen molar-refractivity contribution in [3.05, 3.63) is 40.7 Å². The summed E-state index contributed by atoms with van der Waals surface area (Å²) in [6.07, 6.45) is 0.192. The first-order valence-electron chi connectivity index (χ1n) is 6.41. The van der Waals surface area contributed by atoms with Gasteiger partial charge in [0.1, 0.15) is 0 Å². The van der Waals surface area contributed by atoms with E-state index in [4.69, 9.17) is 16.2 Å². The third kappa shape index (κ3) is 4.13. The Hall–Kier alpha value is -2.70. The van der Waals surface area contributed by atoms with Crippen LogP contribution in [0.1, 0.15) is 22.5 Å². The van der Waals surface area contributed by atoms with E-state index >= 15 is 0 Å². The molecule has 0 saturated heterocycles. The molecular weight excluding hydrogens is 270 g/mol. The Morgan fingerprint density at radius 2 is 1.76 bits per heavy atom. The third-order valence-corrected chi connectivity index (χ3v) is 3.00. The lowest BCUT2D eigenvalue weighted by Gasteiger charge is -2.06. The van der Waals surface area contributed by atoms with Crippen LogP contribution in [0.3, 0.4) is 0 Å². The van der Waals surface area contributed by atoms with Crippen molar-refractivity contribution in [2.75, 3.05) is 11.5 Å². The molecular formula is C14H17N5O2. The van der Waals surface area contributed by atoms with Crippen molar-refractivity contribution in [2.24, 2.45) is 0 Å². The van der Waals surface area contributed by atoms with E-state index in [-0.39, 0.29) is 36.7 Å². The van der Waals surface area contributed by atoms with Crippen molar-refractivity contribution < 1.29 is 9.53 Å². The van der Waals surface area contributed by atoms with Gasteiger partial charge < -0.3 is 16.2 Å². The lowest BCUT2D eigenvalue weighted by molar-refractivity contribution is -0.144. The van der Waals surface area contributed by atoms with Crippen molar-refractivity contribution >= 4 is 17.9 Å². The molecule has 0 unspecified atom stereocenters. The molecule has 21 heavy (non-hydrogen) atoms. The topological polar surface area (TPSA) is 117 Å². The van der Waals surface area contributed by atoms with E-state index in [0.717, 1.165) is 11.1 Å². The molecule has 0 aliphatic carbocycles. The fourth-order valence-electron chi connectivity index (χ4n) is 1.80. The molecule has 7 nitrogen and oxygen atoms in total. The van der Waals surface area contributed by atoms with Gasteiger partial charge in [-0.2, -0.15) is 15.0 Å². The van der Waals surface area contributed by atoms with Crippen LogP contribution >= 0.6 is 0 Å². The second-order valence-corrected chi connectivity index (χ2v) is 4.72. The summed E-state index contributed by atoms with van der Waals surface area (Å²) in [5.41, 5.74) is 14.1. The molecule has 4 N–H and O–H groups in total. The molecule has 0 radical (unpaired) electrons. The first-order chi connectivity index (χ1) is 9.94. The van der Waals surface area contributed by atoms with Crippen LogP contribution < -0.4 is 11.5 Å². The lowest BCUT2D eigenvalue weighted by atomic mass is 10.0. The fraction of sp³-hybridized carbons (Fsp3) is 0.286. The quantitative estimate of drug-likeness (QED) is 0.803. The number of aryl methyl sites for hydroxylation is 2. The van der Waals surface area contributed by atoms with Gasteiger partial charge in [-0.05, 0) is 30.5 Å². The average Bonchev–Trinajstić information content (AvgIpc) is 2.40. The number of hydrogen-bond donors (Lipinski definition) is 2. The van der Waals surface area contributed by atoms with Crippen molar-refractivity contribution in [1.82, 2.24) is 15.0 Å². The number of carbonyl (C=O) groups excluding carboxylic acids is 1. The number of nitrogens with zero attached hydrogens (tertiary/aromatic N) is 3. The van der Waals surface area contributed by atoms with Gasteiger partial charge in [-0.15, -0.1) is 0 Å². The smallest absolute Gasteiger partial charge is 0.310 e. The zero-order valence-corrected chi connectivity index (χ0v) is 12.0. The highest BCUT2D eigenvalue weighted by atomic mass is 16.5. The number of benzene rings is 1. The van der Waals surface area contributed by atoms with E-state index in [1.807, 2.05) is 32.0 Å². The van der Waals surface area contributed by atoms with Gasteiger partial charge in [0, 0.05) is 0 Å². The van der Waals surface area contributed by atoms with Crippen LogP contribution in [-0.2, 0) is 22.6 Å². The van der Waals surface area contributed by atoms with E-state index in [0.29, 0.717) is 0 Å². The van der Waals surface area contributed by atoms with E-state index in [1.54, 1.807) is 0 Å². The highest BCUT2D eigenvalue weighted by molar-refractivity contribution is 5.72. The lowest BCUT2D eigenvalue weighted by Crippen LogP contribution is -2.12. The Bertz CT molecular complexity index is 652. The number of rotatable bonds is 4. The van der Waals surface area contributed by atoms with Crippen molar-refractivity contribution in [3.8, 4) is 0 Å². The molecule has 2 aromatic rings. The zero-order valence-electron chi connectivity index (χ0n) is 12.0. The third-order valence-electron chi connectivity index (χ3n) is 3.00. The molecule has 110 valence electrons. The Morgan fingerprint density at radius 1 is 1.10 bits per heavy atom. The molecule has 1 aromatic heterocycles. The van der Waals surface area contributed by atoms with Crippen molar-refractivity contribution in [2.45, 2.75) is 26.9 Å². The summed E-state index contributed by atoms with van der Waals surface area (Å²) in [4.78, 5) is 23.1. The van der Waals surface area contributed by atoms with Crippen LogP contribution in [-0.4, -0.2) is 20.9 Å².